The number of fused-ring (bicyclic) bond motifs is 1. The number of ether oxygens (including phenoxy) is 1. The van der Waals surface area contributed by atoms with Gasteiger partial charge in [0.15, 0.2) is 0 Å². The summed E-state index contributed by atoms with van der Waals surface area (Å²) in [5.74, 6) is -0.307. The van der Waals surface area contributed by atoms with E-state index in [0.29, 0.717) is 18.5 Å². The van der Waals surface area contributed by atoms with Crippen LogP contribution in [0.1, 0.15) is 25.3 Å². The summed E-state index contributed by atoms with van der Waals surface area (Å²) >= 11 is 6.77. The van der Waals surface area contributed by atoms with E-state index in [1.807, 2.05) is 36.1 Å². The molecule has 0 aromatic heterocycles. The molecular formula is C21H21ClN2O3. The third-order valence-corrected chi connectivity index (χ3v) is 7.33. The molecule has 3 heterocycles. The number of rotatable bonds is 2. The number of nitrogens with one attached hydrogen (secondary N) is 1. The van der Waals surface area contributed by atoms with Crippen LogP contribution in [-0.4, -0.2) is 41.8 Å². The number of benzene rings is 1. The van der Waals surface area contributed by atoms with Crippen LogP contribution in [-0.2, 0) is 19.7 Å². The predicted octanol–water partition coefficient (Wildman–Crippen LogP) is 2.97. The fraction of sp³-hybridized carbons (Fsp3) is 0.429. The Morgan fingerprint density at radius 3 is 2.93 bits per heavy atom. The molecule has 1 aromatic rings. The van der Waals surface area contributed by atoms with Crippen LogP contribution in [0.2, 0.25) is 0 Å². The van der Waals surface area contributed by atoms with Crippen molar-refractivity contribution in [3.05, 3.63) is 53.3 Å². The van der Waals surface area contributed by atoms with Crippen molar-refractivity contribution in [3.8, 4) is 0 Å². The highest BCUT2D eigenvalue weighted by Crippen LogP contribution is 2.64. The number of anilines is 1. The third kappa shape index (κ3) is 1.85. The maximum atomic E-state index is 12.8. The first-order valence-corrected chi connectivity index (χ1v) is 9.72. The topological polar surface area (TPSA) is 58.6 Å². The number of esters is 1. The van der Waals surface area contributed by atoms with Gasteiger partial charge in [-0.15, -0.1) is 11.6 Å². The number of carbonyl (C=O) groups excluding carboxylic acids is 2. The number of alkyl halides is 1. The van der Waals surface area contributed by atoms with Crippen molar-refractivity contribution in [1.29, 1.82) is 0 Å². The molecule has 4 unspecified atom stereocenters. The summed E-state index contributed by atoms with van der Waals surface area (Å²) in [7, 11) is 1.41. The molecule has 5 nitrogen and oxygen atoms in total. The number of para-hydroxylation sites is 1. The highest BCUT2D eigenvalue weighted by molar-refractivity contribution is 6.21. The second-order valence-corrected chi connectivity index (χ2v) is 8.56. The molecule has 1 aromatic carbocycles. The van der Waals surface area contributed by atoms with E-state index in [4.69, 9.17) is 16.3 Å². The number of methoxy groups -OCH3 is 1. The van der Waals surface area contributed by atoms with Crippen LogP contribution in [0.5, 0.6) is 0 Å². The van der Waals surface area contributed by atoms with E-state index in [1.54, 1.807) is 6.08 Å². The van der Waals surface area contributed by atoms with Gasteiger partial charge >= 0.3 is 5.97 Å². The quantitative estimate of drug-likeness (QED) is 0.629. The maximum absolute atomic E-state index is 12.8. The van der Waals surface area contributed by atoms with E-state index in [0.717, 1.165) is 23.4 Å². The minimum atomic E-state index is -0.516. The van der Waals surface area contributed by atoms with Crippen molar-refractivity contribution in [2.45, 2.75) is 36.6 Å². The normalized spacial score (nSPS) is 34.0. The zero-order valence-corrected chi connectivity index (χ0v) is 16.0. The fourth-order valence-electron chi connectivity index (χ4n) is 5.82. The number of amides is 1. The maximum Gasteiger partial charge on any atom is 0.335 e. The third-order valence-electron chi connectivity index (χ3n) is 6.92. The lowest BCUT2D eigenvalue weighted by Crippen LogP contribution is -2.62. The lowest BCUT2D eigenvalue weighted by molar-refractivity contribution is -0.137. The van der Waals surface area contributed by atoms with Gasteiger partial charge in [0.2, 0.25) is 5.91 Å². The summed E-state index contributed by atoms with van der Waals surface area (Å²) in [5, 5.41) is 3.25. The smallest absolute Gasteiger partial charge is 0.335 e. The monoisotopic (exact) mass is 384 g/mol. The molecule has 1 amide bonds. The molecular weight excluding hydrogens is 364 g/mol. The number of carbonyl (C=O) groups is 2. The predicted molar refractivity (Wildman–Crippen MR) is 102 cm³/mol. The molecule has 5 rings (SSSR count). The Hall–Kier alpha value is -2.27. The first kappa shape index (κ1) is 16.9. The summed E-state index contributed by atoms with van der Waals surface area (Å²) in [4.78, 5) is 27.4. The second kappa shape index (κ2) is 5.38. The molecule has 1 N–H and O–H groups in total. The molecule has 1 saturated heterocycles. The van der Waals surface area contributed by atoms with Crippen LogP contribution in [0.3, 0.4) is 0 Å². The zero-order chi connectivity index (χ0) is 19.0. The standard InChI is InChI=1S/C21H21ClN2O3/c1-12(22)20-8-7-16(25)24-10-9-21(19(20)24)14-5-3-4-6-15(14)23-17(21)13(11-20)18(26)27-2/h3-8,12,19,23H,9-11H2,1-2H3. The van der Waals surface area contributed by atoms with Crippen molar-refractivity contribution < 1.29 is 14.3 Å². The zero-order valence-electron chi connectivity index (χ0n) is 15.3. The largest absolute Gasteiger partial charge is 0.466 e. The van der Waals surface area contributed by atoms with Crippen LogP contribution in [0.15, 0.2) is 47.7 Å². The molecule has 1 aliphatic carbocycles. The van der Waals surface area contributed by atoms with Crippen LogP contribution in [0.4, 0.5) is 5.69 Å². The van der Waals surface area contributed by atoms with E-state index >= 15 is 0 Å². The molecule has 6 heteroatoms. The van der Waals surface area contributed by atoms with Gasteiger partial charge in [-0.25, -0.2) is 4.79 Å². The lowest BCUT2D eigenvalue weighted by Gasteiger charge is -2.54. The molecule has 0 saturated carbocycles. The Bertz CT molecular complexity index is 937. The molecule has 27 heavy (non-hydrogen) atoms. The Kier molecular flexibility index (Phi) is 3.36. The SMILES string of the molecule is COC(=O)C1=C2Nc3ccccc3C23CCN2C(=O)C=CC(C(C)Cl)(C1)C23. The van der Waals surface area contributed by atoms with Gasteiger partial charge in [0.05, 0.1) is 24.1 Å². The van der Waals surface area contributed by atoms with Gasteiger partial charge in [-0.05, 0) is 37.5 Å². The van der Waals surface area contributed by atoms with Gasteiger partial charge < -0.3 is 15.0 Å². The van der Waals surface area contributed by atoms with Crippen LogP contribution >= 0.6 is 11.6 Å². The van der Waals surface area contributed by atoms with E-state index in [1.165, 1.54) is 7.11 Å². The Balaban J connectivity index is 1.86. The van der Waals surface area contributed by atoms with Crippen molar-refractivity contribution in [1.82, 2.24) is 4.90 Å². The van der Waals surface area contributed by atoms with Gasteiger partial charge in [-0.1, -0.05) is 24.3 Å². The minimum Gasteiger partial charge on any atom is -0.466 e. The van der Waals surface area contributed by atoms with Crippen molar-refractivity contribution in [2.75, 3.05) is 19.0 Å². The van der Waals surface area contributed by atoms with Crippen LogP contribution in [0, 0.1) is 5.41 Å². The number of hydrogen-bond donors (Lipinski definition) is 1. The number of halogens is 1. The molecule has 140 valence electrons. The first-order valence-electron chi connectivity index (χ1n) is 9.28. The van der Waals surface area contributed by atoms with Gasteiger partial charge in [0, 0.05) is 28.7 Å². The molecule has 1 fully saturated rings. The van der Waals surface area contributed by atoms with E-state index < -0.39 is 10.8 Å². The lowest BCUT2D eigenvalue weighted by atomic mass is 9.55. The first-order chi connectivity index (χ1) is 13.0. The molecule has 4 aliphatic rings. The van der Waals surface area contributed by atoms with Crippen molar-refractivity contribution in [2.24, 2.45) is 5.41 Å². The van der Waals surface area contributed by atoms with Gasteiger partial charge in [0.1, 0.15) is 0 Å². The van der Waals surface area contributed by atoms with Crippen LogP contribution in [0.25, 0.3) is 0 Å². The molecule has 1 spiro atoms. The number of hydrogen-bond acceptors (Lipinski definition) is 4. The van der Waals surface area contributed by atoms with E-state index in [2.05, 4.69) is 11.4 Å². The molecule has 0 bridgehead atoms. The summed E-state index contributed by atoms with van der Waals surface area (Å²) in [5.41, 5.74) is 2.69. The van der Waals surface area contributed by atoms with Crippen molar-refractivity contribution >= 4 is 29.2 Å². The van der Waals surface area contributed by atoms with E-state index in [9.17, 15) is 9.59 Å². The van der Waals surface area contributed by atoms with Gasteiger partial charge in [-0.2, -0.15) is 0 Å². The Morgan fingerprint density at radius 2 is 2.19 bits per heavy atom. The highest BCUT2D eigenvalue weighted by Gasteiger charge is 2.68. The average Bonchev–Trinajstić information content (AvgIpc) is 3.24. The highest BCUT2D eigenvalue weighted by atomic mass is 35.5. The van der Waals surface area contributed by atoms with Gasteiger partial charge in [-0.3, -0.25) is 4.79 Å². The molecule has 3 aliphatic heterocycles. The Labute approximate surface area is 163 Å². The summed E-state index contributed by atoms with van der Waals surface area (Å²) in [6.07, 6.45) is 4.79. The summed E-state index contributed by atoms with van der Waals surface area (Å²) < 4.78 is 5.14. The van der Waals surface area contributed by atoms with Gasteiger partial charge in [0.25, 0.3) is 0 Å². The summed E-state index contributed by atoms with van der Waals surface area (Å²) in [6.45, 7) is 2.60. The second-order valence-electron chi connectivity index (χ2n) is 7.91. The fourth-order valence-corrected chi connectivity index (χ4v) is 6.09. The molecule has 4 atom stereocenters. The summed E-state index contributed by atoms with van der Waals surface area (Å²) in [6, 6.07) is 8.01. The average molecular weight is 385 g/mol. The van der Waals surface area contributed by atoms with Crippen molar-refractivity contribution in [3.63, 3.8) is 0 Å². The molecule has 0 radical (unpaired) electrons. The van der Waals surface area contributed by atoms with E-state index in [-0.39, 0.29) is 23.3 Å². The van der Waals surface area contributed by atoms with Crippen LogP contribution < -0.4 is 5.32 Å². The minimum absolute atomic E-state index is 0.0232. The number of nitrogens with zero attached hydrogens (tertiary/aromatic N) is 1. The Morgan fingerprint density at radius 1 is 1.41 bits per heavy atom.